The molecule has 82 heavy (non-hydrogen) atoms. The van der Waals surface area contributed by atoms with Crippen LogP contribution in [0.2, 0.25) is 0 Å². The third kappa shape index (κ3) is 10.2. The van der Waals surface area contributed by atoms with Gasteiger partial charge >= 0.3 is 0 Å². The number of pyridine rings is 1. The maximum atomic E-state index is 15.4. The van der Waals surface area contributed by atoms with Crippen LogP contribution in [0.4, 0.5) is 27.1 Å². The van der Waals surface area contributed by atoms with Crippen molar-refractivity contribution in [2.45, 2.75) is 131 Å². The van der Waals surface area contributed by atoms with Crippen LogP contribution in [-0.4, -0.2) is 9.55 Å². The third-order valence-corrected chi connectivity index (χ3v) is 17.3. The van der Waals surface area contributed by atoms with Crippen molar-refractivity contribution in [3.63, 3.8) is 0 Å². The van der Waals surface area contributed by atoms with Crippen molar-refractivity contribution in [3.8, 4) is 39.6 Å². The number of halogens is 1. The predicted molar refractivity (Wildman–Crippen MR) is 341 cm³/mol. The van der Waals surface area contributed by atoms with Crippen LogP contribution in [0.1, 0.15) is 133 Å². The van der Waals surface area contributed by atoms with Crippen molar-refractivity contribution in [1.29, 1.82) is 0 Å². The Morgan fingerprint density at radius 2 is 1.04 bits per heavy atom. The van der Waals surface area contributed by atoms with Crippen molar-refractivity contribution in [1.82, 2.24) is 9.55 Å². The molecule has 5 nitrogen and oxygen atoms in total. The van der Waals surface area contributed by atoms with Gasteiger partial charge in [-0.25, -0.2) is 9.37 Å². The normalized spacial score (nSPS) is 13.6. The van der Waals surface area contributed by atoms with Crippen LogP contribution in [0, 0.1) is 24.6 Å². The Labute approximate surface area is 504 Å². The second-order valence-corrected chi connectivity index (χ2v) is 28.2. The van der Waals surface area contributed by atoms with E-state index in [0.717, 1.165) is 76.7 Å². The molecule has 0 saturated carbocycles. The molecule has 0 N–H and O–H groups in total. The maximum absolute atomic E-state index is 15.4. The van der Waals surface area contributed by atoms with E-state index in [2.05, 4.69) is 246 Å². The molecule has 4 heterocycles. The molecular formula is C74H72FN4OPtS-3. The van der Waals surface area contributed by atoms with Crippen molar-refractivity contribution in [3.05, 3.63) is 210 Å². The Kier molecular flexibility index (Phi) is 13.8. The monoisotopic (exact) mass is 1280 g/mol. The van der Waals surface area contributed by atoms with Gasteiger partial charge in [-0.15, -0.1) is 59.4 Å². The van der Waals surface area contributed by atoms with Crippen molar-refractivity contribution in [2.75, 3.05) is 9.80 Å². The summed E-state index contributed by atoms with van der Waals surface area (Å²) in [6.07, 6.45) is 0.175. The van der Waals surface area contributed by atoms with Gasteiger partial charge in [0.25, 0.3) is 0 Å². The van der Waals surface area contributed by atoms with Crippen LogP contribution in [0.3, 0.4) is 0 Å². The largest absolute Gasteiger partial charge is 0.509 e. The van der Waals surface area contributed by atoms with Gasteiger partial charge in [0, 0.05) is 87.9 Å². The van der Waals surface area contributed by atoms with Crippen molar-refractivity contribution < 1.29 is 31.6 Å². The van der Waals surface area contributed by atoms with Crippen LogP contribution in [0.15, 0.2) is 158 Å². The molecule has 1 aliphatic rings. The standard InChI is InChI=1S/C74H72FN4OS.Pt/c1-70(2,3)47-33-34-76-65(41-47)79-63-32-31-58-57-25-20-26-60(75)68(57)81-69(58)66(63)59-30-29-54(43-64(59)79)80-53-22-18-21-52(42-53)77-44-78(62-28-17-16-27-61(62)77)67-55(45-35-48(71(4,5)6)39-49(36-45)72(7,8)9)23-19-24-56(67)46-37-50(73(10,11)12)40-51(38-46)74(13,14)15;/h16-41,44H,1-15H3;/q-3;/i34D;. The Bertz CT molecular complexity index is 4210. The number of nitrogens with zero attached hydrogens (tertiary/aromatic N) is 4. The number of anilines is 4. The molecule has 0 radical (unpaired) electrons. The minimum Gasteiger partial charge on any atom is -0.509 e. The van der Waals surface area contributed by atoms with E-state index in [1.54, 1.807) is 6.07 Å². The molecular weight excluding hydrogens is 1210 g/mol. The molecule has 420 valence electrons. The van der Waals surface area contributed by atoms with E-state index in [9.17, 15) is 0 Å². The Morgan fingerprint density at radius 3 is 1.62 bits per heavy atom. The van der Waals surface area contributed by atoms with Crippen LogP contribution in [0.5, 0.6) is 11.5 Å². The van der Waals surface area contributed by atoms with E-state index in [1.807, 2.05) is 30.3 Å². The number of aromatic nitrogens is 2. The van der Waals surface area contributed by atoms with Gasteiger partial charge in [-0.2, -0.15) is 12.1 Å². The van der Waals surface area contributed by atoms with E-state index in [4.69, 9.17) is 11.1 Å². The smallest absolute Gasteiger partial charge is 0.141 e. The fraction of sp³-hybridized carbons (Fsp3) is 0.270. The van der Waals surface area contributed by atoms with E-state index in [0.29, 0.717) is 22.0 Å². The van der Waals surface area contributed by atoms with Crippen molar-refractivity contribution in [2.24, 2.45) is 0 Å². The van der Waals surface area contributed by atoms with Gasteiger partial charge in [0.15, 0.2) is 0 Å². The first-order valence-corrected chi connectivity index (χ1v) is 29.1. The van der Waals surface area contributed by atoms with Gasteiger partial charge < -0.3 is 19.1 Å². The molecule has 1 aliphatic heterocycles. The number of hydrogen-bond acceptors (Lipinski definition) is 5. The fourth-order valence-electron chi connectivity index (χ4n) is 11.3. The predicted octanol–water partition coefficient (Wildman–Crippen LogP) is 21.3. The SMILES string of the molecule is [2H]c1cc(C(C)(C)C)cc(-n2c3[c-]c(Oc4[c-]c(N5[CH-]N(c6c(-c7cc(C(C)(C)C)cc(C(C)(C)C)c7)cccc6-c6cc(C(C)(C)C)cc(C(C)(C)C)c6)c6ccccc65)ccc4)ccc3c3c4sc5c(F)cccc5c4ccc32)n1.[Pt]. The number of hydrogen-bond donors (Lipinski definition) is 0. The van der Waals surface area contributed by atoms with E-state index in [-0.39, 0.29) is 60.1 Å². The summed E-state index contributed by atoms with van der Waals surface area (Å²) in [5.41, 5.74) is 15.8. The Balaban J connectivity index is 0.00000721. The van der Waals surface area contributed by atoms with E-state index >= 15 is 4.39 Å². The van der Waals surface area contributed by atoms with Crippen molar-refractivity contribution >= 4 is 76.1 Å². The summed E-state index contributed by atoms with van der Waals surface area (Å²) >= 11 is 1.46. The first-order chi connectivity index (χ1) is 38.6. The zero-order valence-electron chi connectivity index (χ0n) is 50.8. The van der Waals surface area contributed by atoms with Crippen LogP contribution < -0.4 is 14.5 Å². The average molecular weight is 1280 g/mol. The number of para-hydroxylation sites is 3. The molecule has 0 atom stereocenters. The molecule has 0 unspecified atom stereocenters. The molecule has 8 heteroatoms. The second-order valence-electron chi connectivity index (χ2n) is 27.2. The molecule has 0 amide bonds. The first kappa shape index (κ1) is 55.5. The zero-order chi connectivity index (χ0) is 58.2. The van der Waals surface area contributed by atoms with Gasteiger partial charge in [0.1, 0.15) is 11.6 Å². The average Bonchev–Trinajstić information content (AvgIpc) is 1.99. The summed E-state index contributed by atoms with van der Waals surface area (Å²) < 4.78 is 34.9. The molecule has 0 fully saturated rings. The van der Waals surface area contributed by atoms with Gasteiger partial charge in [-0.3, -0.25) is 0 Å². The zero-order valence-corrected chi connectivity index (χ0v) is 52.9. The number of thiophene rings is 1. The quantitative estimate of drug-likeness (QED) is 0.149. The van der Waals surface area contributed by atoms with Crippen LogP contribution in [0.25, 0.3) is 70.0 Å². The Hall–Kier alpha value is -7.05. The van der Waals surface area contributed by atoms with E-state index in [1.165, 1.54) is 50.8 Å². The minimum absolute atomic E-state index is 0. The van der Waals surface area contributed by atoms with Gasteiger partial charge in [0.05, 0.1) is 6.07 Å². The molecule has 0 bridgehead atoms. The van der Waals surface area contributed by atoms with Gasteiger partial charge in [-0.1, -0.05) is 194 Å². The third-order valence-electron chi connectivity index (χ3n) is 16.1. The summed E-state index contributed by atoms with van der Waals surface area (Å²) in [6.45, 7) is 36.3. The Morgan fingerprint density at radius 1 is 0.512 bits per heavy atom. The van der Waals surface area contributed by atoms with Crippen LogP contribution in [-0.2, 0) is 48.1 Å². The van der Waals surface area contributed by atoms with Gasteiger partial charge in [0.2, 0.25) is 0 Å². The number of rotatable bonds is 7. The number of benzene rings is 8. The fourth-order valence-corrected chi connectivity index (χ4v) is 12.5. The summed E-state index contributed by atoms with van der Waals surface area (Å²) in [5, 5.41) is 3.78. The first-order valence-electron chi connectivity index (χ1n) is 28.8. The molecule has 11 aromatic rings. The summed E-state index contributed by atoms with van der Waals surface area (Å²) in [7, 11) is 0. The second kappa shape index (κ2) is 20.4. The molecule has 3 aromatic heterocycles. The number of ether oxygens (including phenoxy) is 1. The molecule has 0 aliphatic carbocycles. The molecule has 0 saturated heterocycles. The van der Waals surface area contributed by atoms with Gasteiger partial charge in [-0.05, 0) is 108 Å². The summed E-state index contributed by atoms with van der Waals surface area (Å²) in [4.78, 5) is 9.44. The summed E-state index contributed by atoms with van der Waals surface area (Å²) in [6, 6.07) is 60.6. The molecule has 0 spiro atoms. The topological polar surface area (TPSA) is 33.5 Å². The molecule has 8 aromatic carbocycles. The van der Waals surface area contributed by atoms with E-state index < -0.39 is 0 Å². The minimum atomic E-state index is -0.236. The summed E-state index contributed by atoms with van der Waals surface area (Å²) in [5.74, 6) is 1.39. The van der Waals surface area contributed by atoms with Crippen LogP contribution >= 0.6 is 11.3 Å². The maximum Gasteiger partial charge on any atom is 0.141 e. The number of fused-ring (bicyclic) bond motifs is 8. The molecule has 12 rings (SSSR count).